The first-order valence-electron chi connectivity index (χ1n) is 6.16. The van der Waals surface area contributed by atoms with Gasteiger partial charge in [0, 0.05) is 0 Å². The molecule has 2 aromatic rings. The number of halogens is 1. The molecule has 1 N–H and O–H groups in total. The second kappa shape index (κ2) is 5.46. The summed E-state index contributed by atoms with van der Waals surface area (Å²) in [4.78, 5) is 0.0886. The summed E-state index contributed by atoms with van der Waals surface area (Å²) in [6.07, 6.45) is 0. The van der Waals surface area contributed by atoms with E-state index in [-0.39, 0.29) is 9.92 Å². The van der Waals surface area contributed by atoms with E-state index in [9.17, 15) is 8.42 Å². The van der Waals surface area contributed by atoms with Crippen LogP contribution in [0, 0.1) is 20.8 Å². The van der Waals surface area contributed by atoms with Gasteiger partial charge in [-0.25, -0.2) is 8.42 Å². The summed E-state index contributed by atoms with van der Waals surface area (Å²) < 4.78 is 27.4. The molecule has 0 aliphatic rings. The maximum Gasteiger partial charge on any atom is 0.263 e. The van der Waals surface area contributed by atoms with Gasteiger partial charge in [0.15, 0.2) is 0 Å². The third-order valence-electron chi connectivity index (χ3n) is 3.23. The van der Waals surface area contributed by atoms with Crippen LogP contribution < -0.4 is 4.72 Å². The van der Waals surface area contributed by atoms with Gasteiger partial charge in [-0.05, 0) is 55.7 Å². The molecule has 0 aromatic heterocycles. The fourth-order valence-electron chi connectivity index (χ4n) is 1.89. The monoisotopic (exact) mass is 309 g/mol. The number of benzene rings is 2. The molecule has 0 radical (unpaired) electrons. The lowest BCUT2D eigenvalue weighted by Gasteiger charge is -2.13. The van der Waals surface area contributed by atoms with Crippen LogP contribution >= 0.6 is 11.6 Å². The van der Waals surface area contributed by atoms with Gasteiger partial charge >= 0.3 is 0 Å². The maximum absolute atomic E-state index is 12.4. The Morgan fingerprint density at radius 1 is 1.05 bits per heavy atom. The standard InChI is InChI=1S/C15H16ClNO2S/c1-10-7-8-15(13(16)9-10)20(18,19)17-14-6-4-5-11(2)12(14)3/h4-9,17H,1-3H3. The molecule has 106 valence electrons. The van der Waals surface area contributed by atoms with Crippen LogP contribution in [0.15, 0.2) is 41.3 Å². The van der Waals surface area contributed by atoms with Crippen molar-refractivity contribution in [2.45, 2.75) is 25.7 Å². The number of hydrogen-bond acceptors (Lipinski definition) is 2. The minimum atomic E-state index is -3.68. The molecule has 0 saturated carbocycles. The summed E-state index contributed by atoms with van der Waals surface area (Å²) >= 11 is 6.03. The molecule has 3 nitrogen and oxygen atoms in total. The van der Waals surface area contributed by atoms with E-state index >= 15 is 0 Å². The highest BCUT2D eigenvalue weighted by molar-refractivity contribution is 7.92. The second-order valence-electron chi connectivity index (χ2n) is 4.79. The van der Waals surface area contributed by atoms with Gasteiger partial charge in [0.25, 0.3) is 10.0 Å². The smallest absolute Gasteiger partial charge is 0.263 e. The van der Waals surface area contributed by atoms with E-state index in [2.05, 4.69) is 4.72 Å². The zero-order chi connectivity index (χ0) is 14.9. The first-order valence-corrected chi connectivity index (χ1v) is 8.02. The summed E-state index contributed by atoms with van der Waals surface area (Å²) in [5, 5.41) is 0.225. The average molecular weight is 310 g/mol. The summed E-state index contributed by atoms with van der Waals surface area (Å²) in [7, 11) is -3.68. The molecule has 0 aliphatic heterocycles. The molecule has 0 amide bonds. The Bertz CT molecular complexity index is 754. The van der Waals surface area contributed by atoms with E-state index in [4.69, 9.17) is 11.6 Å². The minimum Gasteiger partial charge on any atom is -0.279 e. The number of rotatable bonds is 3. The molecule has 0 spiro atoms. The fraction of sp³-hybridized carbons (Fsp3) is 0.200. The van der Waals surface area contributed by atoms with E-state index in [0.29, 0.717) is 5.69 Å². The topological polar surface area (TPSA) is 46.2 Å². The van der Waals surface area contributed by atoms with Gasteiger partial charge in [-0.3, -0.25) is 4.72 Å². The van der Waals surface area contributed by atoms with Gasteiger partial charge in [0.05, 0.1) is 10.7 Å². The van der Waals surface area contributed by atoms with Crippen molar-refractivity contribution >= 4 is 27.3 Å². The number of nitrogens with one attached hydrogen (secondary N) is 1. The lowest BCUT2D eigenvalue weighted by atomic mass is 10.1. The van der Waals surface area contributed by atoms with Crippen LogP contribution in [-0.4, -0.2) is 8.42 Å². The van der Waals surface area contributed by atoms with Gasteiger partial charge in [-0.2, -0.15) is 0 Å². The van der Waals surface area contributed by atoms with Crippen molar-refractivity contribution in [2.75, 3.05) is 4.72 Å². The van der Waals surface area contributed by atoms with Crippen molar-refractivity contribution < 1.29 is 8.42 Å². The molecular formula is C15H16ClNO2S. The normalized spacial score (nSPS) is 11.4. The molecule has 0 atom stereocenters. The van der Waals surface area contributed by atoms with Gasteiger partial charge < -0.3 is 0 Å². The van der Waals surface area contributed by atoms with Crippen molar-refractivity contribution in [1.29, 1.82) is 0 Å². The Morgan fingerprint density at radius 3 is 2.40 bits per heavy atom. The number of aryl methyl sites for hydroxylation is 2. The minimum absolute atomic E-state index is 0.0886. The SMILES string of the molecule is Cc1ccc(S(=O)(=O)Nc2cccc(C)c2C)c(Cl)c1. The van der Waals surface area contributed by atoms with Crippen LogP contribution in [-0.2, 0) is 10.0 Å². The van der Waals surface area contributed by atoms with Gasteiger partial charge in [-0.1, -0.05) is 29.8 Å². The van der Waals surface area contributed by atoms with E-state index in [1.54, 1.807) is 18.2 Å². The third-order valence-corrected chi connectivity index (χ3v) is 5.07. The lowest BCUT2D eigenvalue weighted by Crippen LogP contribution is -2.14. The summed E-state index contributed by atoms with van der Waals surface area (Å²) in [5.74, 6) is 0. The molecule has 0 heterocycles. The van der Waals surface area contributed by atoms with Gasteiger partial charge in [0.1, 0.15) is 4.90 Å². The van der Waals surface area contributed by atoms with Crippen LogP contribution in [0.25, 0.3) is 0 Å². The highest BCUT2D eigenvalue weighted by atomic mass is 35.5. The number of hydrogen-bond donors (Lipinski definition) is 1. The van der Waals surface area contributed by atoms with Crippen LogP contribution in [0.2, 0.25) is 5.02 Å². The Morgan fingerprint density at radius 2 is 1.75 bits per heavy atom. The largest absolute Gasteiger partial charge is 0.279 e. The van der Waals surface area contributed by atoms with Crippen molar-refractivity contribution in [1.82, 2.24) is 0 Å². The molecule has 2 rings (SSSR count). The Labute approximate surface area is 124 Å². The molecule has 20 heavy (non-hydrogen) atoms. The van der Waals surface area contributed by atoms with Crippen LogP contribution in [0.1, 0.15) is 16.7 Å². The van der Waals surface area contributed by atoms with E-state index in [1.165, 1.54) is 6.07 Å². The first-order chi connectivity index (χ1) is 9.31. The predicted octanol–water partition coefficient (Wildman–Crippen LogP) is 4.07. The van der Waals surface area contributed by atoms with Crippen molar-refractivity contribution in [2.24, 2.45) is 0 Å². The van der Waals surface area contributed by atoms with Crippen molar-refractivity contribution in [3.05, 3.63) is 58.1 Å². The fourth-order valence-corrected chi connectivity index (χ4v) is 3.61. The first kappa shape index (κ1) is 14.9. The van der Waals surface area contributed by atoms with E-state index in [1.807, 2.05) is 32.9 Å². The molecule has 0 saturated heterocycles. The van der Waals surface area contributed by atoms with Gasteiger partial charge in [0.2, 0.25) is 0 Å². The third kappa shape index (κ3) is 2.97. The van der Waals surface area contributed by atoms with Crippen molar-refractivity contribution in [3.8, 4) is 0 Å². The van der Waals surface area contributed by atoms with Crippen molar-refractivity contribution in [3.63, 3.8) is 0 Å². The predicted molar refractivity (Wildman–Crippen MR) is 82.9 cm³/mol. The quantitative estimate of drug-likeness (QED) is 0.929. The van der Waals surface area contributed by atoms with E-state index < -0.39 is 10.0 Å². The maximum atomic E-state index is 12.4. The highest BCUT2D eigenvalue weighted by Gasteiger charge is 2.18. The summed E-state index contributed by atoms with van der Waals surface area (Å²) in [5.41, 5.74) is 3.42. The molecule has 5 heteroatoms. The Hall–Kier alpha value is -1.52. The Balaban J connectivity index is 2.44. The molecule has 0 bridgehead atoms. The number of sulfonamides is 1. The average Bonchev–Trinajstić information content (AvgIpc) is 2.34. The molecule has 0 fully saturated rings. The Kier molecular flexibility index (Phi) is 4.06. The zero-order valence-corrected chi connectivity index (χ0v) is 13.1. The summed E-state index contributed by atoms with van der Waals surface area (Å²) in [6, 6.07) is 10.4. The zero-order valence-electron chi connectivity index (χ0n) is 11.6. The lowest BCUT2D eigenvalue weighted by molar-refractivity contribution is 0.601. The van der Waals surface area contributed by atoms with Crippen LogP contribution in [0.4, 0.5) is 5.69 Å². The molecule has 0 aliphatic carbocycles. The molecule has 0 unspecified atom stereocenters. The molecular weight excluding hydrogens is 294 g/mol. The van der Waals surface area contributed by atoms with Crippen LogP contribution in [0.3, 0.4) is 0 Å². The number of anilines is 1. The van der Waals surface area contributed by atoms with E-state index in [0.717, 1.165) is 16.7 Å². The molecule has 2 aromatic carbocycles. The second-order valence-corrected chi connectivity index (χ2v) is 6.84. The summed E-state index contributed by atoms with van der Waals surface area (Å²) in [6.45, 7) is 5.68. The van der Waals surface area contributed by atoms with Crippen LogP contribution in [0.5, 0.6) is 0 Å². The highest BCUT2D eigenvalue weighted by Crippen LogP contribution is 2.26. The van der Waals surface area contributed by atoms with Gasteiger partial charge in [-0.15, -0.1) is 0 Å².